The molecule has 1 aliphatic rings. The molecule has 1 aromatic heterocycles. The number of aromatic nitrogens is 1. The van der Waals surface area contributed by atoms with Crippen molar-refractivity contribution in [3.63, 3.8) is 0 Å². The molecule has 0 amide bonds. The fourth-order valence-corrected chi connectivity index (χ4v) is 5.36. The average molecular weight is 551 g/mol. The number of ether oxygens (including phenoxy) is 4. The van der Waals surface area contributed by atoms with Gasteiger partial charge in [-0.3, -0.25) is 9.36 Å². The molecule has 0 fully saturated rings. The van der Waals surface area contributed by atoms with Gasteiger partial charge in [-0.2, -0.15) is 0 Å². The van der Waals surface area contributed by atoms with Crippen LogP contribution >= 0.6 is 11.3 Å². The van der Waals surface area contributed by atoms with Crippen LogP contribution < -0.4 is 29.1 Å². The monoisotopic (exact) mass is 550 g/mol. The van der Waals surface area contributed by atoms with Gasteiger partial charge in [0.2, 0.25) is 0 Å². The number of methoxy groups -OCH3 is 1. The third-order valence-electron chi connectivity index (χ3n) is 6.08. The zero-order chi connectivity index (χ0) is 28.1. The van der Waals surface area contributed by atoms with Gasteiger partial charge in [-0.25, -0.2) is 9.79 Å². The lowest BCUT2D eigenvalue weighted by Crippen LogP contribution is -2.40. The molecule has 4 rings (SSSR count). The van der Waals surface area contributed by atoms with Crippen molar-refractivity contribution in [1.82, 2.24) is 4.57 Å². The molecule has 0 radical (unpaired) electrons. The number of benzene rings is 2. The van der Waals surface area contributed by atoms with Crippen LogP contribution in [0.15, 0.2) is 63.5 Å². The van der Waals surface area contributed by atoms with E-state index in [1.807, 2.05) is 43.3 Å². The van der Waals surface area contributed by atoms with Crippen molar-refractivity contribution in [2.45, 2.75) is 40.7 Å². The highest BCUT2D eigenvalue weighted by Gasteiger charge is 2.34. The lowest BCUT2D eigenvalue weighted by Gasteiger charge is -2.25. The van der Waals surface area contributed by atoms with Crippen molar-refractivity contribution in [1.29, 1.82) is 0 Å². The highest BCUT2D eigenvalue weighted by molar-refractivity contribution is 7.07. The number of rotatable bonds is 10. The molecule has 0 bridgehead atoms. The maximum atomic E-state index is 13.8. The molecule has 206 valence electrons. The summed E-state index contributed by atoms with van der Waals surface area (Å²) in [5, 5.41) is 0. The number of nitrogens with zero attached hydrogens (tertiary/aromatic N) is 2. The molecule has 0 spiro atoms. The Morgan fingerprint density at radius 2 is 1.82 bits per heavy atom. The molecule has 2 aromatic carbocycles. The summed E-state index contributed by atoms with van der Waals surface area (Å²) in [6, 6.07) is 12.3. The zero-order valence-corrected chi connectivity index (χ0v) is 24.0. The number of hydrogen-bond donors (Lipinski definition) is 0. The van der Waals surface area contributed by atoms with E-state index in [2.05, 4.69) is 18.8 Å². The summed E-state index contributed by atoms with van der Waals surface area (Å²) in [5.74, 6) is 1.78. The second-order valence-electron chi connectivity index (χ2n) is 9.42. The maximum Gasteiger partial charge on any atom is 0.338 e. The zero-order valence-electron chi connectivity index (χ0n) is 23.1. The van der Waals surface area contributed by atoms with E-state index in [9.17, 15) is 9.59 Å². The fraction of sp³-hybridized carbons (Fsp3) is 0.367. The van der Waals surface area contributed by atoms with Crippen molar-refractivity contribution >= 4 is 23.4 Å². The van der Waals surface area contributed by atoms with Crippen molar-refractivity contribution in [3.8, 4) is 17.2 Å². The summed E-state index contributed by atoms with van der Waals surface area (Å²) >= 11 is 1.28. The number of esters is 1. The topological polar surface area (TPSA) is 88.4 Å². The maximum absolute atomic E-state index is 13.8. The minimum absolute atomic E-state index is 0.205. The fourth-order valence-electron chi connectivity index (χ4n) is 4.31. The Bertz CT molecular complexity index is 1550. The van der Waals surface area contributed by atoms with Crippen molar-refractivity contribution < 1.29 is 23.7 Å². The summed E-state index contributed by atoms with van der Waals surface area (Å²) in [6.45, 7) is 10.9. The van der Waals surface area contributed by atoms with E-state index in [1.54, 1.807) is 37.7 Å². The highest BCUT2D eigenvalue weighted by Crippen LogP contribution is 2.36. The Morgan fingerprint density at radius 3 is 2.46 bits per heavy atom. The standard InChI is InChI=1S/C30H34N2O6S/c1-7-36-24-16-21(11-14-23(24)35-6)27-26(29(34)37-8-2)19(5)31-30-32(27)28(33)25(39-30)15-20-9-12-22(13-10-20)38-17-18(3)4/h9-16,18,27H,7-8,17H2,1-6H3/b25-15+/t27-/m0/s1. The van der Waals surface area contributed by atoms with Gasteiger partial charge in [0, 0.05) is 0 Å². The molecular formula is C30H34N2O6S. The third kappa shape index (κ3) is 6.09. The highest BCUT2D eigenvalue weighted by atomic mass is 32.1. The van der Waals surface area contributed by atoms with Crippen LogP contribution in [0.2, 0.25) is 0 Å². The molecule has 9 heteroatoms. The first-order chi connectivity index (χ1) is 18.8. The first kappa shape index (κ1) is 28.2. The van der Waals surface area contributed by atoms with Gasteiger partial charge in [0.05, 0.1) is 48.8 Å². The summed E-state index contributed by atoms with van der Waals surface area (Å²) < 4.78 is 24.5. The first-order valence-electron chi connectivity index (χ1n) is 13.0. The second-order valence-corrected chi connectivity index (χ2v) is 10.4. The van der Waals surface area contributed by atoms with Gasteiger partial charge in [0.1, 0.15) is 5.75 Å². The molecule has 0 unspecified atom stereocenters. The molecule has 0 aliphatic carbocycles. The Kier molecular flexibility index (Phi) is 8.91. The van der Waals surface area contributed by atoms with E-state index < -0.39 is 12.0 Å². The van der Waals surface area contributed by atoms with Crippen LogP contribution in [0.3, 0.4) is 0 Å². The summed E-state index contributed by atoms with van der Waals surface area (Å²) in [5.41, 5.74) is 2.13. The molecule has 1 atom stereocenters. The van der Waals surface area contributed by atoms with Gasteiger partial charge in [0.25, 0.3) is 5.56 Å². The third-order valence-corrected chi connectivity index (χ3v) is 7.06. The predicted molar refractivity (Wildman–Crippen MR) is 151 cm³/mol. The van der Waals surface area contributed by atoms with Crippen LogP contribution in [0.4, 0.5) is 0 Å². The lowest BCUT2D eigenvalue weighted by molar-refractivity contribution is -0.139. The molecule has 2 heterocycles. The predicted octanol–water partition coefficient (Wildman–Crippen LogP) is 4.24. The van der Waals surface area contributed by atoms with Crippen LogP contribution in [0.1, 0.15) is 51.8 Å². The number of thiazole rings is 1. The van der Waals surface area contributed by atoms with Gasteiger partial charge in [-0.1, -0.05) is 43.4 Å². The Labute approximate surface area is 231 Å². The van der Waals surface area contributed by atoms with Crippen molar-refractivity contribution in [2.24, 2.45) is 10.9 Å². The molecule has 39 heavy (non-hydrogen) atoms. The quantitative estimate of drug-likeness (QED) is 0.351. The molecule has 0 saturated heterocycles. The van der Waals surface area contributed by atoms with E-state index in [-0.39, 0.29) is 12.2 Å². The summed E-state index contributed by atoms with van der Waals surface area (Å²) in [6.07, 6.45) is 1.83. The van der Waals surface area contributed by atoms with Crippen LogP contribution in [0.5, 0.6) is 17.2 Å². The largest absolute Gasteiger partial charge is 0.493 e. The molecule has 3 aromatic rings. The van der Waals surface area contributed by atoms with E-state index in [0.29, 0.717) is 56.8 Å². The number of carbonyl (C=O) groups is 1. The molecule has 0 saturated carbocycles. The van der Waals surface area contributed by atoms with Crippen molar-refractivity contribution in [2.75, 3.05) is 26.9 Å². The van der Waals surface area contributed by atoms with Crippen LogP contribution in [-0.2, 0) is 9.53 Å². The minimum atomic E-state index is -0.737. The minimum Gasteiger partial charge on any atom is -0.493 e. The normalized spacial score (nSPS) is 15.2. The van der Waals surface area contributed by atoms with E-state index in [1.165, 1.54) is 11.3 Å². The SMILES string of the molecule is CCOC(=O)C1=C(C)N=c2s/c(=C/c3ccc(OCC(C)C)cc3)c(=O)n2[C@H]1c1ccc(OC)c(OCC)c1. The first-order valence-corrected chi connectivity index (χ1v) is 13.8. The molecule has 1 aliphatic heterocycles. The Morgan fingerprint density at radius 1 is 1.08 bits per heavy atom. The summed E-state index contributed by atoms with van der Waals surface area (Å²) in [7, 11) is 1.57. The summed E-state index contributed by atoms with van der Waals surface area (Å²) in [4.78, 5) is 32.1. The lowest BCUT2D eigenvalue weighted by atomic mass is 9.95. The molecule has 8 nitrogen and oxygen atoms in total. The average Bonchev–Trinajstić information content (AvgIpc) is 3.21. The Balaban J connectivity index is 1.84. The smallest absolute Gasteiger partial charge is 0.338 e. The molecular weight excluding hydrogens is 516 g/mol. The van der Waals surface area contributed by atoms with Crippen molar-refractivity contribution in [3.05, 3.63) is 84.5 Å². The van der Waals surface area contributed by atoms with Crippen LogP contribution in [-0.4, -0.2) is 37.5 Å². The Hall–Kier alpha value is -3.85. The number of hydrogen-bond acceptors (Lipinski definition) is 8. The van der Waals surface area contributed by atoms with Crippen LogP contribution in [0.25, 0.3) is 6.08 Å². The van der Waals surface area contributed by atoms with E-state index in [4.69, 9.17) is 18.9 Å². The van der Waals surface area contributed by atoms with Gasteiger partial charge in [-0.15, -0.1) is 0 Å². The van der Waals surface area contributed by atoms with Gasteiger partial charge >= 0.3 is 5.97 Å². The van der Waals surface area contributed by atoms with E-state index >= 15 is 0 Å². The number of fused-ring (bicyclic) bond motifs is 1. The van der Waals surface area contributed by atoms with Gasteiger partial charge < -0.3 is 18.9 Å². The van der Waals surface area contributed by atoms with E-state index in [0.717, 1.165) is 11.3 Å². The number of allylic oxidation sites excluding steroid dienone is 1. The second kappa shape index (κ2) is 12.3. The van der Waals surface area contributed by atoms with Gasteiger partial charge in [0.15, 0.2) is 16.3 Å². The van der Waals surface area contributed by atoms with Gasteiger partial charge in [-0.05, 0) is 68.2 Å². The molecule has 0 N–H and O–H groups in total. The van der Waals surface area contributed by atoms with Crippen LogP contribution in [0, 0.1) is 5.92 Å². The number of carbonyl (C=O) groups excluding carboxylic acids is 1.